The van der Waals surface area contributed by atoms with Gasteiger partial charge in [0, 0.05) is 11.1 Å². The average Bonchev–Trinajstić information content (AvgIpc) is 3.06. The minimum atomic E-state index is -0.282. The van der Waals surface area contributed by atoms with Gasteiger partial charge >= 0.3 is 5.97 Å². The predicted molar refractivity (Wildman–Crippen MR) is 68.5 cm³/mol. The Morgan fingerprint density at radius 2 is 2.37 bits per heavy atom. The second-order valence-corrected chi connectivity index (χ2v) is 4.86. The molecule has 4 heteroatoms. The molecule has 0 amide bonds. The van der Waals surface area contributed by atoms with Gasteiger partial charge in [-0.2, -0.15) is 4.89 Å². The van der Waals surface area contributed by atoms with E-state index in [1.165, 1.54) is 5.56 Å². The van der Waals surface area contributed by atoms with Gasteiger partial charge in [-0.1, -0.05) is 18.7 Å². The van der Waals surface area contributed by atoms with E-state index in [4.69, 9.17) is 14.5 Å². The SMILES string of the molecule is C=C(C(=O)OCC)C1CC1c1cccc2c1COO2. The Bertz CT molecular complexity index is 535. The lowest BCUT2D eigenvalue weighted by atomic mass is 10.00. The standard InChI is InChI=1S/C15H16O4/c1-3-17-15(16)9(2)11-7-12(11)10-5-4-6-14-13(10)8-18-19-14/h4-6,11-12H,2-3,7-8H2,1H3. The molecule has 1 aromatic carbocycles. The summed E-state index contributed by atoms with van der Waals surface area (Å²) < 4.78 is 4.99. The molecule has 0 N–H and O–H groups in total. The molecular formula is C15H16O4. The van der Waals surface area contributed by atoms with Gasteiger partial charge in [0.15, 0.2) is 5.75 Å². The van der Waals surface area contributed by atoms with Crippen LogP contribution in [0.3, 0.4) is 0 Å². The van der Waals surface area contributed by atoms with Crippen molar-refractivity contribution in [1.29, 1.82) is 0 Å². The Labute approximate surface area is 111 Å². The normalized spacial score (nSPS) is 23.4. The number of fused-ring (bicyclic) bond motifs is 1. The molecule has 1 heterocycles. The van der Waals surface area contributed by atoms with Crippen molar-refractivity contribution in [2.24, 2.45) is 5.92 Å². The fraction of sp³-hybridized carbons (Fsp3) is 0.400. The zero-order valence-electron chi connectivity index (χ0n) is 10.8. The van der Waals surface area contributed by atoms with Crippen LogP contribution in [-0.2, 0) is 21.0 Å². The van der Waals surface area contributed by atoms with Crippen LogP contribution in [0.4, 0.5) is 0 Å². The third-order valence-corrected chi connectivity index (χ3v) is 3.70. The molecular weight excluding hydrogens is 244 g/mol. The number of benzene rings is 1. The summed E-state index contributed by atoms with van der Waals surface area (Å²) in [5.41, 5.74) is 2.86. The number of rotatable bonds is 4. The first kappa shape index (κ1) is 12.2. The lowest BCUT2D eigenvalue weighted by molar-refractivity contribution is -0.194. The van der Waals surface area contributed by atoms with Gasteiger partial charge in [0.2, 0.25) is 0 Å². The molecule has 1 aliphatic heterocycles. The summed E-state index contributed by atoms with van der Waals surface area (Å²) in [7, 11) is 0. The van der Waals surface area contributed by atoms with Crippen LogP contribution in [0.15, 0.2) is 30.4 Å². The zero-order valence-corrected chi connectivity index (χ0v) is 10.8. The van der Waals surface area contributed by atoms with Gasteiger partial charge in [-0.05, 0) is 36.8 Å². The third-order valence-electron chi connectivity index (χ3n) is 3.70. The second-order valence-electron chi connectivity index (χ2n) is 4.86. The molecule has 2 unspecified atom stereocenters. The van der Waals surface area contributed by atoms with Gasteiger partial charge in [0.25, 0.3) is 0 Å². The van der Waals surface area contributed by atoms with E-state index in [1.54, 1.807) is 6.92 Å². The number of ether oxygens (including phenoxy) is 1. The van der Waals surface area contributed by atoms with Crippen molar-refractivity contribution >= 4 is 5.97 Å². The molecule has 0 saturated heterocycles. The fourth-order valence-electron chi connectivity index (χ4n) is 2.61. The van der Waals surface area contributed by atoms with E-state index in [9.17, 15) is 4.79 Å². The monoisotopic (exact) mass is 260 g/mol. The molecule has 1 saturated carbocycles. The Morgan fingerprint density at radius 1 is 1.53 bits per heavy atom. The van der Waals surface area contributed by atoms with Gasteiger partial charge in [0.1, 0.15) is 6.61 Å². The van der Waals surface area contributed by atoms with E-state index in [-0.39, 0.29) is 11.9 Å². The molecule has 1 aromatic rings. The molecule has 1 aliphatic carbocycles. The molecule has 2 aliphatic rings. The largest absolute Gasteiger partial charge is 0.463 e. The Balaban J connectivity index is 1.75. The van der Waals surface area contributed by atoms with E-state index in [2.05, 4.69) is 12.6 Å². The van der Waals surface area contributed by atoms with Crippen LogP contribution in [0.25, 0.3) is 0 Å². The van der Waals surface area contributed by atoms with E-state index >= 15 is 0 Å². The molecule has 0 radical (unpaired) electrons. The molecule has 4 nitrogen and oxygen atoms in total. The van der Waals surface area contributed by atoms with E-state index in [1.807, 2.05) is 12.1 Å². The van der Waals surface area contributed by atoms with Crippen molar-refractivity contribution in [3.05, 3.63) is 41.5 Å². The smallest absolute Gasteiger partial charge is 0.333 e. The lowest BCUT2D eigenvalue weighted by Gasteiger charge is -2.06. The summed E-state index contributed by atoms with van der Waals surface area (Å²) in [5, 5.41) is 0. The van der Waals surface area contributed by atoms with E-state index in [0.717, 1.165) is 17.7 Å². The van der Waals surface area contributed by atoms with Crippen molar-refractivity contribution in [2.75, 3.05) is 6.61 Å². The van der Waals surface area contributed by atoms with Crippen molar-refractivity contribution in [3.8, 4) is 5.75 Å². The summed E-state index contributed by atoms with van der Waals surface area (Å²) in [6, 6.07) is 5.91. The van der Waals surface area contributed by atoms with Crippen LogP contribution in [0.1, 0.15) is 30.4 Å². The summed E-state index contributed by atoms with van der Waals surface area (Å²) in [6.07, 6.45) is 0.939. The van der Waals surface area contributed by atoms with Crippen molar-refractivity contribution in [3.63, 3.8) is 0 Å². The minimum absolute atomic E-state index is 0.186. The second kappa shape index (κ2) is 4.70. The van der Waals surface area contributed by atoms with Gasteiger partial charge in [0.05, 0.1) is 6.61 Å². The molecule has 3 rings (SSSR count). The Kier molecular flexibility index (Phi) is 3.03. The fourth-order valence-corrected chi connectivity index (χ4v) is 2.61. The molecule has 0 bridgehead atoms. The summed E-state index contributed by atoms with van der Waals surface area (Å²) in [4.78, 5) is 21.7. The van der Waals surface area contributed by atoms with Gasteiger partial charge < -0.3 is 9.62 Å². The highest BCUT2D eigenvalue weighted by Gasteiger charge is 2.44. The van der Waals surface area contributed by atoms with Crippen LogP contribution in [-0.4, -0.2) is 12.6 Å². The van der Waals surface area contributed by atoms with Gasteiger partial charge in [-0.15, -0.1) is 0 Å². The van der Waals surface area contributed by atoms with Crippen molar-refractivity contribution in [2.45, 2.75) is 25.9 Å². The molecule has 0 aromatic heterocycles. The molecule has 19 heavy (non-hydrogen) atoms. The van der Waals surface area contributed by atoms with Crippen LogP contribution in [0.5, 0.6) is 5.75 Å². The number of hydrogen-bond donors (Lipinski definition) is 0. The van der Waals surface area contributed by atoms with Gasteiger partial charge in [-0.3, -0.25) is 0 Å². The summed E-state index contributed by atoms with van der Waals surface area (Å²) in [5.74, 6) is 1.02. The van der Waals surface area contributed by atoms with Crippen LogP contribution >= 0.6 is 0 Å². The lowest BCUT2D eigenvalue weighted by Crippen LogP contribution is -2.08. The Morgan fingerprint density at radius 3 is 3.16 bits per heavy atom. The first-order valence-electron chi connectivity index (χ1n) is 6.49. The molecule has 0 spiro atoms. The minimum Gasteiger partial charge on any atom is -0.463 e. The van der Waals surface area contributed by atoms with Crippen molar-refractivity contribution < 1.29 is 19.3 Å². The van der Waals surface area contributed by atoms with Crippen LogP contribution in [0, 0.1) is 5.92 Å². The molecule has 2 atom stereocenters. The summed E-state index contributed by atoms with van der Waals surface area (Å²) >= 11 is 0. The maximum atomic E-state index is 11.7. The predicted octanol–water partition coefficient (Wildman–Crippen LogP) is 2.73. The maximum Gasteiger partial charge on any atom is 0.333 e. The highest BCUT2D eigenvalue weighted by atomic mass is 17.2. The number of carbonyl (C=O) groups excluding carboxylic acids is 1. The Hall–Kier alpha value is -1.81. The topological polar surface area (TPSA) is 44.8 Å². The first-order valence-corrected chi connectivity index (χ1v) is 6.49. The maximum absolute atomic E-state index is 11.7. The highest BCUT2D eigenvalue weighted by Crippen LogP contribution is 2.53. The van der Waals surface area contributed by atoms with E-state index in [0.29, 0.717) is 24.7 Å². The number of esters is 1. The van der Waals surface area contributed by atoms with Gasteiger partial charge in [-0.25, -0.2) is 4.79 Å². The molecule has 1 fully saturated rings. The average molecular weight is 260 g/mol. The summed E-state index contributed by atoms with van der Waals surface area (Å²) in [6.45, 7) is 6.53. The van der Waals surface area contributed by atoms with Crippen LogP contribution < -0.4 is 4.89 Å². The van der Waals surface area contributed by atoms with Crippen LogP contribution in [0.2, 0.25) is 0 Å². The number of hydrogen-bond acceptors (Lipinski definition) is 4. The van der Waals surface area contributed by atoms with E-state index < -0.39 is 0 Å². The first-order chi connectivity index (χ1) is 9.22. The third kappa shape index (κ3) is 2.12. The molecule has 100 valence electrons. The number of carbonyl (C=O) groups is 1. The highest BCUT2D eigenvalue weighted by molar-refractivity contribution is 5.89. The zero-order chi connectivity index (χ0) is 13.4. The van der Waals surface area contributed by atoms with Crippen molar-refractivity contribution in [1.82, 2.24) is 0 Å². The quantitative estimate of drug-likeness (QED) is 0.474.